The van der Waals surface area contributed by atoms with Crippen LogP contribution in [-0.2, 0) is 4.74 Å². The van der Waals surface area contributed by atoms with Crippen molar-refractivity contribution in [1.82, 2.24) is 0 Å². The maximum Gasteiger partial charge on any atom is 0.0607 e. The van der Waals surface area contributed by atoms with E-state index in [2.05, 4.69) is 41.5 Å². The van der Waals surface area contributed by atoms with Crippen molar-refractivity contribution in [2.24, 2.45) is 11.8 Å². The van der Waals surface area contributed by atoms with Crippen molar-refractivity contribution in [2.75, 3.05) is 0 Å². The van der Waals surface area contributed by atoms with Gasteiger partial charge in [0.05, 0.1) is 12.2 Å². The maximum absolute atomic E-state index is 7.32. The highest BCUT2D eigenvalue weighted by atomic mass is 16.5. The molecule has 1 heteroatoms. The van der Waals surface area contributed by atoms with E-state index in [1.807, 2.05) is 0 Å². The summed E-state index contributed by atoms with van der Waals surface area (Å²) < 4.78 is 7.32. The van der Waals surface area contributed by atoms with Gasteiger partial charge in [0.2, 0.25) is 0 Å². The minimum atomic E-state index is 0.490. The third-order valence-corrected chi connectivity index (χ3v) is 9.99. The molecule has 0 spiro atoms. The van der Waals surface area contributed by atoms with E-state index >= 15 is 0 Å². The Morgan fingerprint density at radius 2 is 0.561 bits per heavy atom. The fraction of sp³-hybridized carbons (Fsp3) is 1.00. The fourth-order valence-corrected chi connectivity index (χ4v) is 6.96. The zero-order chi connectivity index (χ0) is 30.2. The normalized spacial score (nSPS) is 14.8. The Labute approximate surface area is 262 Å². The Balaban J connectivity index is 4.86. The molecule has 1 nitrogen and oxygen atoms in total. The molecule has 0 fully saturated rings. The Hall–Kier alpha value is -0.0400. The molecule has 0 bridgehead atoms. The molecule has 0 saturated carbocycles. The quantitative estimate of drug-likeness (QED) is 0.0690. The van der Waals surface area contributed by atoms with Gasteiger partial charge >= 0.3 is 0 Å². The number of ether oxygens (including phenoxy) is 1. The van der Waals surface area contributed by atoms with Crippen LogP contribution in [0.5, 0.6) is 0 Å². The van der Waals surface area contributed by atoms with Crippen LogP contribution in [-0.4, -0.2) is 12.2 Å². The molecule has 0 N–H and O–H groups in total. The number of rotatable bonds is 34. The number of hydrogen-bond donors (Lipinski definition) is 0. The molecule has 4 atom stereocenters. The van der Waals surface area contributed by atoms with Crippen molar-refractivity contribution in [3.8, 4) is 0 Å². The molecule has 0 aromatic carbocycles. The highest BCUT2D eigenvalue weighted by molar-refractivity contribution is 4.77. The van der Waals surface area contributed by atoms with Gasteiger partial charge in [-0.15, -0.1) is 0 Å². The molecule has 0 amide bonds. The third-order valence-electron chi connectivity index (χ3n) is 9.99. The maximum atomic E-state index is 7.32. The van der Waals surface area contributed by atoms with Gasteiger partial charge in [-0.05, 0) is 37.5 Å². The third kappa shape index (κ3) is 25.0. The first-order chi connectivity index (χ1) is 20.2. The topological polar surface area (TPSA) is 9.23 Å². The second-order valence-electron chi connectivity index (χ2n) is 13.8. The van der Waals surface area contributed by atoms with Gasteiger partial charge in [-0.25, -0.2) is 0 Å². The smallest absolute Gasteiger partial charge is 0.0607 e. The molecule has 0 aliphatic carbocycles. The summed E-state index contributed by atoms with van der Waals surface area (Å²) in [6.07, 6.45) is 42.8. The summed E-state index contributed by atoms with van der Waals surface area (Å²) in [4.78, 5) is 0. The standard InChI is InChI=1S/C40H82O/c1-7-13-17-19-21-23-25-27-29-31-35-39(37(11-5)33-15-9-3)41-40(38(12-6)34-16-10-4)36-32-30-28-26-24-22-20-18-14-8-2/h37-40H,7-36H2,1-6H3. The van der Waals surface area contributed by atoms with Crippen LogP contribution in [0.3, 0.4) is 0 Å². The summed E-state index contributed by atoms with van der Waals surface area (Å²) in [5.41, 5.74) is 0. The van der Waals surface area contributed by atoms with E-state index in [9.17, 15) is 0 Å². The summed E-state index contributed by atoms with van der Waals surface area (Å²) in [5, 5.41) is 0. The van der Waals surface area contributed by atoms with Crippen LogP contribution in [0, 0.1) is 11.8 Å². The predicted octanol–water partition coefficient (Wildman–Crippen LogP) is 14.8. The summed E-state index contributed by atoms with van der Waals surface area (Å²) in [6.45, 7) is 14.2. The molecule has 0 heterocycles. The lowest BCUT2D eigenvalue weighted by atomic mass is 9.87. The van der Waals surface area contributed by atoms with Crippen molar-refractivity contribution >= 4 is 0 Å². The van der Waals surface area contributed by atoms with Gasteiger partial charge < -0.3 is 4.74 Å². The van der Waals surface area contributed by atoms with Crippen molar-refractivity contribution in [1.29, 1.82) is 0 Å². The van der Waals surface area contributed by atoms with Crippen LogP contribution in [0.15, 0.2) is 0 Å². The molecule has 4 unspecified atom stereocenters. The first kappa shape index (κ1) is 41.0. The van der Waals surface area contributed by atoms with Gasteiger partial charge in [0.1, 0.15) is 0 Å². The van der Waals surface area contributed by atoms with E-state index in [1.54, 1.807) is 0 Å². The Morgan fingerprint density at radius 3 is 0.829 bits per heavy atom. The molecule has 0 aromatic heterocycles. The lowest BCUT2D eigenvalue weighted by Gasteiger charge is -2.35. The molecule has 0 rings (SSSR count). The monoisotopic (exact) mass is 579 g/mol. The highest BCUT2D eigenvalue weighted by Crippen LogP contribution is 2.31. The number of unbranched alkanes of at least 4 members (excludes halogenated alkanes) is 20. The molecular formula is C40H82O. The molecule has 0 saturated heterocycles. The largest absolute Gasteiger partial charge is 0.374 e. The van der Waals surface area contributed by atoms with Gasteiger partial charge in [-0.2, -0.15) is 0 Å². The van der Waals surface area contributed by atoms with Crippen LogP contribution in [0.25, 0.3) is 0 Å². The average Bonchev–Trinajstić information content (AvgIpc) is 2.99. The van der Waals surface area contributed by atoms with Gasteiger partial charge in [0.25, 0.3) is 0 Å². The summed E-state index contributed by atoms with van der Waals surface area (Å²) in [6, 6.07) is 0. The zero-order valence-corrected chi connectivity index (χ0v) is 29.9. The van der Waals surface area contributed by atoms with E-state index in [1.165, 1.54) is 193 Å². The van der Waals surface area contributed by atoms with E-state index in [0.717, 1.165) is 11.8 Å². The molecule has 0 aliphatic rings. The van der Waals surface area contributed by atoms with Gasteiger partial charge in [0.15, 0.2) is 0 Å². The van der Waals surface area contributed by atoms with E-state index in [0.29, 0.717) is 12.2 Å². The fourth-order valence-electron chi connectivity index (χ4n) is 6.96. The van der Waals surface area contributed by atoms with Gasteiger partial charge in [0, 0.05) is 0 Å². The second-order valence-corrected chi connectivity index (χ2v) is 13.8. The van der Waals surface area contributed by atoms with Crippen LogP contribution >= 0.6 is 0 Å². The van der Waals surface area contributed by atoms with E-state index in [-0.39, 0.29) is 0 Å². The molecule has 248 valence electrons. The van der Waals surface area contributed by atoms with Crippen molar-refractivity contribution < 1.29 is 4.74 Å². The molecule has 0 aromatic rings. The number of hydrogen-bond acceptors (Lipinski definition) is 1. The SMILES string of the molecule is CCCCCCCCCCCCC(OC(CCCCCCCCCCCC)C(CC)CCCC)C(CC)CCCC. The molecular weight excluding hydrogens is 496 g/mol. The Bertz CT molecular complexity index is 431. The second kappa shape index (κ2) is 32.9. The lowest BCUT2D eigenvalue weighted by Crippen LogP contribution is -2.33. The zero-order valence-electron chi connectivity index (χ0n) is 29.9. The van der Waals surface area contributed by atoms with Crippen LogP contribution in [0.2, 0.25) is 0 Å². The summed E-state index contributed by atoms with van der Waals surface area (Å²) in [7, 11) is 0. The average molecular weight is 579 g/mol. The summed E-state index contributed by atoms with van der Waals surface area (Å²) >= 11 is 0. The minimum absolute atomic E-state index is 0.490. The van der Waals surface area contributed by atoms with Crippen LogP contribution in [0.1, 0.15) is 234 Å². The van der Waals surface area contributed by atoms with Gasteiger partial charge in [-0.1, -0.05) is 208 Å². The Kier molecular flexibility index (Phi) is 32.8. The molecule has 41 heavy (non-hydrogen) atoms. The highest BCUT2D eigenvalue weighted by Gasteiger charge is 2.27. The molecule has 0 radical (unpaired) electrons. The predicted molar refractivity (Wildman–Crippen MR) is 188 cm³/mol. The van der Waals surface area contributed by atoms with Crippen molar-refractivity contribution in [2.45, 2.75) is 246 Å². The Morgan fingerprint density at radius 1 is 0.293 bits per heavy atom. The van der Waals surface area contributed by atoms with Crippen molar-refractivity contribution in [3.05, 3.63) is 0 Å². The van der Waals surface area contributed by atoms with Crippen molar-refractivity contribution in [3.63, 3.8) is 0 Å². The first-order valence-corrected chi connectivity index (χ1v) is 19.8. The van der Waals surface area contributed by atoms with Crippen LogP contribution < -0.4 is 0 Å². The lowest BCUT2D eigenvalue weighted by molar-refractivity contribution is -0.0822. The van der Waals surface area contributed by atoms with Crippen LogP contribution in [0.4, 0.5) is 0 Å². The first-order valence-electron chi connectivity index (χ1n) is 19.8. The molecule has 0 aliphatic heterocycles. The van der Waals surface area contributed by atoms with Gasteiger partial charge in [-0.3, -0.25) is 0 Å². The van der Waals surface area contributed by atoms with E-state index in [4.69, 9.17) is 4.74 Å². The minimum Gasteiger partial charge on any atom is -0.374 e. The summed E-state index contributed by atoms with van der Waals surface area (Å²) in [5.74, 6) is 1.51. The van der Waals surface area contributed by atoms with E-state index < -0.39 is 0 Å².